The van der Waals surface area contributed by atoms with Crippen molar-refractivity contribution in [2.24, 2.45) is 0 Å². The first-order valence-electron chi connectivity index (χ1n) is 7.57. The fourth-order valence-electron chi connectivity index (χ4n) is 2.84. The van der Waals surface area contributed by atoms with Crippen LogP contribution < -0.4 is 5.32 Å². The molecule has 1 aliphatic rings. The molecule has 2 rings (SSSR count). The topological polar surface area (TPSA) is 47.0 Å². The molecule has 0 spiro atoms. The summed E-state index contributed by atoms with van der Waals surface area (Å²) in [6, 6.07) is 0. The maximum absolute atomic E-state index is 5.78. The van der Waals surface area contributed by atoms with Crippen molar-refractivity contribution in [3.05, 3.63) is 15.1 Å². The van der Waals surface area contributed by atoms with Crippen molar-refractivity contribution in [1.82, 2.24) is 9.97 Å². The fraction of sp³-hybridized carbons (Fsp3) is 0.733. The van der Waals surface area contributed by atoms with Crippen LogP contribution in [-0.2, 0) is 4.74 Å². The number of ether oxygens (including phenoxy) is 1. The Morgan fingerprint density at radius 3 is 2.55 bits per heavy atom. The molecule has 1 aliphatic carbocycles. The molecular weight excluding hydrogens is 365 g/mol. The van der Waals surface area contributed by atoms with Crippen molar-refractivity contribution in [3.63, 3.8) is 0 Å². The lowest BCUT2D eigenvalue weighted by Gasteiger charge is -2.19. The van der Waals surface area contributed by atoms with Crippen molar-refractivity contribution < 1.29 is 4.74 Å². The maximum Gasteiger partial charge on any atom is 0.159 e. The van der Waals surface area contributed by atoms with Gasteiger partial charge in [0.2, 0.25) is 0 Å². The second-order valence-electron chi connectivity index (χ2n) is 5.21. The number of rotatable bonds is 6. The first-order chi connectivity index (χ1) is 9.71. The summed E-state index contributed by atoms with van der Waals surface area (Å²) in [4.78, 5) is 9.53. The van der Waals surface area contributed by atoms with Gasteiger partial charge in [0.1, 0.15) is 11.9 Å². The van der Waals surface area contributed by atoms with E-state index in [1.165, 1.54) is 34.9 Å². The minimum Gasteiger partial charge on any atom is -0.372 e. The standard InChI is InChI=1S/C15H24IN3O/c1-4-11(20-5-2)14-18-13(10-8-6-7-9-10)12(16)15(17-3)19-14/h10-11H,4-9H2,1-3H3,(H,17,18,19). The summed E-state index contributed by atoms with van der Waals surface area (Å²) >= 11 is 2.38. The zero-order valence-electron chi connectivity index (χ0n) is 12.6. The van der Waals surface area contributed by atoms with E-state index in [0.29, 0.717) is 12.5 Å². The molecule has 0 radical (unpaired) electrons. The summed E-state index contributed by atoms with van der Waals surface area (Å²) in [6.07, 6.45) is 6.04. The number of aromatic nitrogens is 2. The van der Waals surface area contributed by atoms with Crippen LogP contribution in [0.5, 0.6) is 0 Å². The van der Waals surface area contributed by atoms with Gasteiger partial charge >= 0.3 is 0 Å². The van der Waals surface area contributed by atoms with E-state index in [-0.39, 0.29) is 6.10 Å². The van der Waals surface area contributed by atoms with Crippen LogP contribution in [0.25, 0.3) is 0 Å². The molecule has 0 saturated heterocycles. The quantitative estimate of drug-likeness (QED) is 0.739. The van der Waals surface area contributed by atoms with Crippen molar-refractivity contribution in [2.45, 2.75) is 58.0 Å². The van der Waals surface area contributed by atoms with Crippen LogP contribution in [-0.4, -0.2) is 23.6 Å². The third-order valence-corrected chi connectivity index (χ3v) is 4.96. The van der Waals surface area contributed by atoms with Gasteiger partial charge in [0, 0.05) is 19.6 Å². The summed E-state index contributed by atoms with van der Waals surface area (Å²) in [5.74, 6) is 2.37. The Morgan fingerprint density at radius 2 is 2.00 bits per heavy atom. The molecule has 1 atom stereocenters. The summed E-state index contributed by atoms with van der Waals surface area (Å²) in [6.45, 7) is 4.84. The molecular formula is C15H24IN3O. The summed E-state index contributed by atoms with van der Waals surface area (Å²) in [7, 11) is 1.92. The summed E-state index contributed by atoms with van der Waals surface area (Å²) < 4.78 is 6.95. The molecule has 0 bridgehead atoms. The van der Waals surface area contributed by atoms with E-state index in [2.05, 4.69) is 39.8 Å². The molecule has 20 heavy (non-hydrogen) atoms. The van der Waals surface area contributed by atoms with Crippen LogP contribution in [0.15, 0.2) is 0 Å². The van der Waals surface area contributed by atoms with Crippen LogP contribution in [0.1, 0.15) is 69.5 Å². The number of hydrogen-bond donors (Lipinski definition) is 1. The molecule has 0 aromatic carbocycles. The van der Waals surface area contributed by atoms with E-state index in [1.807, 2.05) is 14.0 Å². The van der Waals surface area contributed by atoms with Gasteiger partial charge in [-0.3, -0.25) is 0 Å². The van der Waals surface area contributed by atoms with Gasteiger partial charge in [-0.2, -0.15) is 0 Å². The second kappa shape index (κ2) is 7.54. The predicted molar refractivity (Wildman–Crippen MR) is 90.2 cm³/mol. The first-order valence-corrected chi connectivity index (χ1v) is 8.65. The Labute approximate surface area is 135 Å². The molecule has 1 fully saturated rings. The molecule has 4 nitrogen and oxygen atoms in total. The molecule has 1 heterocycles. The lowest BCUT2D eigenvalue weighted by Crippen LogP contribution is -2.14. The van der Waals surface area contributed by atoms with E-state index in [9.17, 15) is 0 Å². The molecule has 1 N–H and O–H groups in total. The van der Waals surface area contributed by atoms with E-state index in [4.69, 9.17) is 9.72 Å². The second-order valence-corrected chi connectivity index (χ2v) is 6.29. The van der Waals surface area contributed by atoms with E-state index >= 15 is 0 Å². The highest BCUT2D eigenvalue weighted by Crippen LogP contribution is 2.37. The monoisotopic (exact) mass is 389 g/mol. The molecule has 0 amide bonds. The average Bonchev–Trinajstić information content (AvgIpc) is 2.99. The van der Waals surface area contributed by atoms with E-state index in [1.54, 1.807) is 0 Å². The molecule has 5 heteroatoms. The zero-order valence-corrected chi connectivity index (χ0v) is 14.7. The summed E-state index contributed by atoms with van der Waals surface area (Å²) in [5.41, 5.74) is 1.22. The molecule has 1 unspecified atom stereocenters. The van der Waals surface area contributed by atoms with E-state index in [0.717, 1.165) is 18.1 Å². The minimum absolute atomic E-state index is 0.00394. The molecule has 112 valence electrons. The van der Waals surface area contributed by atoms with Gasteiger partial charge in [-0.15, -0.1) is 0 Å². The Hall–Kier alpha value is -0.430. The van der Waals surface area contributed by atoms with Crippen LogP contribution in [0.3, 0.4) is 0 Å². The van der Waals surface area contributed by atoms with Gasteiger partial charge in [-0.05, 0) is 48.8 Å². The van der Waals surface area contributed by atoms with Crippen LogP contribution in [0.2, 0.25) is 0 Å². The third kappa shape index (κ3) is 3.42. The summed E-state index contributed by atoms with van der Waals surface area (Å²) in [5, 5.41) is 3.21. The number of anilines is 1. The van der Waals surface area contributed by atoms with Gasteiger partial charge in [-0.25, -0.2) is 9.97 Å². The smallest absolute Gasteiger partial charge is 0.159 e. The lowest BCUT2D eigenvalue weighted by atomic mass is 10.0. The van der Waals surface area contributed by atoms with Gasteiger partial charge in [0.15, 0.2) is 5.82 Å². The van der Waals surface area contributed by atoms with Crippen LogP contribution in [0, 0.1) is 3.57 Å². The molecule has 1 aromatic rings. The maximum atomic E-state index is 5.78. The number of halogens is 1. The van der Waals surface area contributed by atoms with Gasteiger partial charge in [-0.1, -0.05) is 19.8 Å². The van der Waals surface area contributed by atoms with Gasteiger partial charge in [0.05, 0.1) is 9.26 Å². The zero-order chi connectivity index (χ0) is 14.5. The number of nitrogens with zero attached hydrogens (tertiary/aromatic N) is 2. The highest BCUT2D eigenvalue weighted by atomic mass is 127. The average molecular weight is 389 g/mol. The van der Waals surface area contributed by atoms with E-state index < -0.39 is 0 Å². The minimum atomic E-state index is 0.00394. The van der Waals surface area contributed by atoms with Crippen LogP contribution >= 0.6 is 22.6 Å². The molecule has 1 saturated carbocycles. The fourth-order valence-corrected chi connectivity index (χ4v) is 3.79. The number of nitrogens with one attached hydrogen (secondary N) is 1. The van der Waals surface area contributed by atoms with Gasteiger partial charge < -0.3 is 10.1 Å². The largest absolute Gasteiger partial charge is 0.372 e. The lowest BCUT2D eigenvalue weighted by molar-refractivity contribution is 0.0533. The Kier molecular flexibility index (Phi) is 6.01. The Bertz CT molecular complexity index is 447. The number of hydrogen-bond acceptors (Lipinski definition) is 4. The highest BCUT2D eigenvalue weighted by molar-refractivity contribution is 14.1. The SMILES string of the molecule is CCOC(CC)c1nc(NC)c(I)c(C2CCCC2)n1. The molecule has 1 aromatic heterocycles. The first kappa shape index (κ1) is 15.9. The predicted octanol–water partition coefficient (Wildman–Crippen LogP) is 4.27. The van der Waals surface area contributed by atoms with Crippen molar-refractivity contribution in [2.75, 3.05) is 19.0 Å². The van der Waals surface area contributed by atoms with Crippen LogP contribution in [0.4, 0.5) is 5.82 Å². The Morgan fingerprint density at radius 1 is 1.30 bits per heavy atom. The molecule has 0 aliphatic heterocycles. The normalized spacial score (nSPS) is 17.4. The highest BCUT2D eigenvalue weighted by Gasteiger charge is 2.25. The van der Waals surface area contributed by atoms with Crippen molar-refractivity contribution in [3.8, 4) is 0 Å². The third-order valence-electron chi connectivity index (χ3n) is 3.90. The van der Waals surface area contributed by atoms with Crippen molar-refractivity contribution in [1.29, 1.82) is 0 Å². The van der Waals surface area contributed by atoms with Crippen molar-refractivity contribution >= 4 is 28.4 Å². The van der Waals surface area contributed by atoms with Gasteiger partial charge in [0.25, 0.3) is 0 Å². The Balaban J connectivity index is 2.39.